The van der Waals surface area contributed by atoms with Gasteiger partial charge in [-0.1, -0.05) is 54.1 Å². The van der Waals surface area contributed by atoms with Crippen LogP contribution in [0.5, 0.6) is 0 Å². The first kappa shape index (κ1) is 14.6. The van der Waals surface area contributed by atoms with E-state index in [-0.39, 0.29) is 12.5 Å². The normalized spacial score (nSPS) is 13.6. The van der Waals surface area contributed by atoms with Crippen molar-refractivity contribution in [1.82, 2.24) is 5.32 Å². The maximum Gasteiger partial charge on any atom is 0.252 e. The van der Waals surface area contributed by atoms with Gasteiger partial charge in [-0.25, -0.2) is 0 Å². The number of rotatable bonds is 4. The number of amides is 1. The van der Waals surface area contributed by atoms with Gasteiger partial charge in [0, 0.05) is 0 Å². The van der Waals surface area contributed by atoms with Crippen molar-refractivity contribution in [3.8, 4) is 0 Å². The Morgan fingerprint density at radius 1 is 1.15 bits per heavy atom. The maximum absolute atomic E-state index is 12.0. The number of hydrogen-bond donors (Lipinski definition) is 2. The first-order valence-electron chi connectivity index (χ1n) is 6.31. The minimum atomic E-state index is -1.13. The molecule has 1 atom stereocenters. The topological polar surface area (TPSA) is 49.3 Å². The molecule has 2 aromatic rings. The minimum Gasteiger partial charge on any atom is -0.384 e. The molecule has 0 fully saturated rings. The fourth-order valence-electron chi connectivity index (χ4n) is 1.89. The van der Waals surface area contributed by atoms with Crippen LogP contribution >= 0.6 is 11.6 Å². The van der Waals surface area contributed by atoms with Crippen molar-refractivity contribution in [2.45, 2.75) is 12.5 Å². The predicted molar refractivity (Wildman–Crippen MR) is 79.8 cm³/mol. The van der Waals surface area contributed by atoms with Gasteiger partial charge in [0.25, 0.3) is 5.91 Å². The number of carbonyl (C=O) groups is 1. The lowest BCUT2D eigenvalue weighted by Crippen LogP contribution is -2.38. The van der Waals surface area contributed by atoms with Gasteiger partial charge >= 0.3 is 0 Å². The monoisotopic (exact) mass is 289 g/mol. The Kier molecular flexibility index (Phi) is 4.42. The van der Waals surface area contributed by atoms with E-state index in [1.54, 1.807) is 31.2 Å². The lowest BCUT2D eigenvalue weighted by molar-refractivity contribution is 0.0526. The quantitative estimate of drug-likeness (QED) is 0.909. The average molecular weight is 290 g/mol. The molecule has 0 spiro atoms. The summed E-state index contributed by atoms with van der Waals surface area (Å²) in [7, 11) is 0. The summed E-state index contributed by atoms with van der Waals surface area (Å²) in [6, 6.07) is 16.0. The number of carbonyl (C=O) groups excluding carboxylic acids is 1. The number of halogens is 1. The molecular weight excluding hydrogens is 274 g/mol. The van der Waals surface area contributed by atoms with Crippen molar-refractivity contribution in [3.05, 3.63) is 70.7 Å². The van der Waals surface area contributed by atoms with Gasteiger partial charge in [0.2, 0.25) is 0 Å². The van der Waals surface area contributed by atoms with Crippen molar-refractivity contribution in [1.29, 1.82) is 0 Å². The number of nitrogens with one attached hydrogen (secondary N) is 1. The van der Waals surface area contributed by atoms with Gasteiger partial charge in [-0.3, -0.25) is 4.79 Å². The van der Waals surface area contributed by atoms with E-state index in [9.17, 15) is 9.90 Å². The zero-order valence-corrected chi connectivity index (χ0v) is 11.9. The summed E-state index contributed by atoms with van der Waals surface area (Å²) >= 11 is 5.96. The van der Waals surface area contributed by atoms with Gasteiger partial charge in [0.15, 0.2) is 0 Å². The van der Waals surface area contributed by atoms with E-state index in [4.69, 9.17) is 11.6 Å². The Bertz CT molecular complexity index is 596. The van der Waals surface area contributed by atoms with Crippen molar-refractivity contribution in [2.24, 2.45) is 0 Å². The molecule has 2 aromatic carbocycles. The van der Waals surface area contributed by atoms with Crippen LogP contribution in [0, 0.1) is 0 Å². The van der Waals surface area contributed by atoms with Crippen LogP contribution in [0.25, 0.3) is 0 Å². The summed E-state index contributed by atoms with van der Waals surface area (Å²) in [5.41, 5.74) is 0.0236. The summed E-state index contributed by atoms with van der Waals surface area (Å²) in [5, 5.41) is 13.5. The predicted octanol–water partition coefficient (Wildman–Crippen LogP) is 2.98. The van der Waals surface area contributed by atoms with Gasteiger partial charge in [-0.05, 0) is 24.6 Å². The lowest BCUT2D eigenvalue weighted by Gasteiger charge is -2.24. The van der Waals surface area contributed by atoms with Crippen LogP contribution in [0.2, 0.25) is 5.02 Å². The Morgan fingerprint density at radius 3 is 2.40 bits per heavy atom. The van der Waals surface area contributed by atoms with E-state index < -0.39 is 5.60 Å². The van der Waals surface area contributed by atoms with Crippen LogP contribution in [0.15, 0.2) is 54.6 Å². The van der Waals surface area contributed by atoms with Gasteiger partial charge in [-0.2, -0.15) is 0 Å². The maximum atomic E-state index is 12.0. The van der Waals surface area contributed by atoms with E-state index in [1.165, 1.54) is 0 Å². The molecule has 3 nitrogen and oxygen atoms in total. The molecule has 0 unspecified atom stereocenters. The Balaban J connectivity index is 2.05. The molecule has 0 saturated heterocycles. The van der Waals surface area contributed by atoms with Crippen LogP contribution in [0.3, 0.4) is 0 Å². The molecule has 0 radical (unpaired) electrons. The van der Waals surface area contributed by atoms with Gasteiger partial charge in [0.05, 0.1) is 17.1 Å². The third-order valence-corrected chi connectivity index (χ3v) is 3.44. The standard InChI is InChI=1S/C16H16ClNO2/c1-16(20,12-7-3-2-4-8-12)11-18-15(19)13-9-5-6-10-14(13)17/h2-10,20H,11H2,1H3,(H,18,19)/t16-/m1/s1. The van der Waals surface area contributed by atoms with Gasteiger partial charge < -0.3 is 10.4 Å². The van der Waals surface area contributed by atoms with Crippen LogP contribution in [-0.4, -0.2) is 17.6 Å². The molecular formula is C16H16ClNO2. The molecule has 0 heterocycles. The SMILES string of the molecule is C[C@@](O)(CNC(=O)c1ccccc1Cl)c1ccccc1. The van der Waals surface area contributed by atoms with Crippen molar-refractivity contribution in [3.63, 3.8) is 0 Å². The van der Waals surface area contributed by atoms with Crippen LogP contribution in [0.4, 0.5) is 0 Å². The molecule has 1 amide bonds. The summed E-state index contributed by atoms with van der Waals surface area (Å²) < 4.78 is 0. The van der Waals surface area contributed by atoms with E-state index in [1.807, 2.05) is 30.3 Å². The minimum absolute atomic E-state index is 0.112. The molecule has 104 valence electrons. The molecule has 2 N–H and O–H groups in total. The fourth-order valence-corrected chi connectivity index (χ4v) is 2.11. The highest BCUT2D eigenvalue weighted by Crippen LogP contribution is 2.20. The van der Waals surface area contributed by atoms with Crippen molar-refractivity contribution < 1.29 is 9.90 Å². The molecule has 0 bridgehead atoms. The second kappa shape index (κ2) is 6.07. The highest BCUT2D eigenvalue weighted by atomic mass is 35.5. The first-order chi connectivity index (χ1) is 9.50. The molecule has 0 aliphatic rings. The third-order valence-electron chi connectivity index (χ3n) is 3.11. The number of hydrogen-bond acceptors (Lipinski definition) is 2. The van der Waals surface area contributed by atoms with E-state index in [0.717, 1.165) is 5.56 Å². The van der Waals surface area contributed by atoms with Crippen LogP contribution < -0.4 is 5.32 Å². The van der Waals surface area contributed by atoms with E-state index >= 15 is 0 Å². The second-order valence-electron chi connectivity index (χ2n) is 4.80. The molecule has 4 heteroatoms. The Morgan fingerprint density at radius 2 is 1.75 bits per heavy atom. The summed E-state index contributed by atoms with van der Waals surface area (Å²) in [6.07, 6.45) is 0. The Hall–Kier alpha value is -1.84. The average Bonchev–Trinajstić information content (AvgIpc) is 2.46. The molecule has 0 aliphatic carbocycles. The third kappa shape index (κ3) is 3.38. The fraction of sp³-hybridized carbons (Fsp3) is 0.188. The lowest BCUT2D eigenvalue weighted by atomic mass is 9.96. The molecule has 0 saturated carbocycles. The largest absolute Gasteiger partial charge is 0.384 e. The zero-order valence-electron chi connectivity index (χ0n) is 11.1. The van der Waals surface area contributed by atoms with E-state index in [2.05, 4.69) is 5.32 Å². The van der Waals surface area contributed by atoms with Crippen LogP contribution in [0.1, 0.15) is 22.8 Å². The highest BCUT2D eigenvalue weighted by Gasteiger charge is 2.24. The van der Waals surface area contributed by atoms with Gasteiger partial charge in [0.1, 0.15) is 5.60 Å². The molecule has 0 aliphatic heterocycles. The smallest absolute Gasteiger partial charge is 0.252 e. The number of benzene rings is 2. The highest BCUT2D eigenvalue weighted by molar-refractivity contribution is 6.33. The molecule has 0 aromatic heterocycles. The van der Waals surface area contributed by atoms with Gasteiger partial charge in [-0.15, -0.1) is 0 Å². The first-order valence-corrected chi connectivity index (χ1v) is 6.69. The Labute approximate surface area is 123 Å². The van der Waals surface area contributed by atoms with Crippen molar-refractivity contribution >= 4 is 17.5 Å². The van der Waals surface area contributed by atoms with E-state index in [0.29, 0.717) is 10.6 Å². The molecule has 20 heavy (non-hydrogen) atoms. The zero-order chi connectivity index (χ0) is 14.6. The van der Waals surface area contributed by atoms with Crippen LogP contribution in [-0.2, 0) is 5.60 Å². The van der Waals surface area contributed by atoms with Crippen molar-refractivity contribution in [2.75, 3.05) is 6.54 Å². The summed E-state index contributed by atoms with van der Waals surface area (Å²) in [4.78, 5) is 12.0. The summed E-state index contributed by atoms with van der Waals surface area (Å²) in [6.45, 7) is 1.77. The second-order valence-corrected chi connectivity index (χ2v) is 5.21. The molecule has 2 rings (SSSR count). The summed E-state index contributed by atoms with van der Waals surface area (Å²) in [5.74, 6) is -0.299. The number of aliphatic hydroxyl groups is 1.